The fourth-order valence-corrected chi connectivity index (χ4v) is 2.47. The van der Waals surface area contributed by atoms with Crippen LogP contribution in [0.2, 0.25) is 5.02 Å². The van der Waals surface area contributed by atoms with Gasteiger partial charge < -0.3 is 10.6 Å². The lowest BCUT2D eigenvalue weighted by Gasteiger charge is -2.23. The number of nitrogen functional groups attached to an aromatic ring is 1. The molecule has 108 valence electrons. The zero-order valence-corrected chi connectivity index (χ0v) is 13.0. The molecule has 2 N–H and O–H groups in total. The highest BCUT2D eigenvalue weighted by Crippen LogP contribution is 2.25. The number of aromatic nitrogens is 2. The second kappa shape index (κ2) is 6.18. The molecule has 1 aromatic heterocycles. The first-order valence-corrected chi connectivity index (χ1v) is 7.26. The van der Waals surface area contributed by atoms with Crippen molar-refractivity contribution in [1.82, 2.24) is 9.78 Å². The smallest absolute Gasteiger partial charge is 0.0865 e. The minimum absolute atomic E-state index is 0.744. The number of halogens is 1. The van der Waals surface area contributed by atoms with Crippen LogP contribution in [0.5, 0.6) is 0 Å². The maximum absolute atomic E-state index is 6.38. The Balaban J connectivity index is 2.28. The standard InChI is InChI=1S/C15H21ClN4/c1-4-19(13-8-6-12(17)7-9-13)10-14-15(16)11(3)18-20(14)5-2/h6-9H,4-5,10,17H2,1-3H3. The molecule has 1 heterocycles. The maximum atomic E-state index is 6.38. The highest BCUT2D eigenvalue weighted by Gasteiger charge is 2.15. The summed E-state index contributed by atoms with van der Waals surface area (Å²) in [5.41, 5.74) is 9.60. The van der Waals surface area contributed by atoms with Crippen molar-refractivity contribution in [3.05, 3.63) is 40.7 Å². The van der Waals surface area contributed by atoms with Crippen LogP contribution in [0.4, 0.5) is 11.4 Å². The Morgan fingerprint density at radius 3 is 2.45 bits per heavy atom. The Morgan fingerprint density at radius 2 is 1.90 bits per heavy atom. The van der Waals surface area contributed by atoms with Crippen molar-refractivity contribution in [2.75, 3.05) is 17.2 Å². The van der Waals surface area contributed by atoms with Gasteiger partial charge in [-0.2, -0.15) is 5.10 Å². The highest BCUT2D eigenvalue weighted by molar-refractivity contribution is 6.31. The minimum Gasteiger partial charge on any atom is -0.399 e. The van der Waals surface area contributed by atoms with E-state index in [2.05, 4.69) is 23.8 Å². The molecule has 0 aliphatic heterocycles. The molecule has 2 rings (SSSR count). The summed E-state index contributed by atoms with van der Waals surface area (Å²) in [4.78, 5) is 2.26. The lowest BCUT2D eigenvalue weighted by atomic mass is 10.2. The molecular weight excluding hydrogens is 272 g/mol. The van der Waals surface area contributed by atoms with E-state index < -0.39 is 0 Å². The quantitative estimate of drug-likeness (QED) is 0.858. The van der Waals surface area contributed by atoms with E-state index in [0.717, 1.165) is 47.4 Å². The van der Waals surface area contributed by atoms with Crippen molar-refractivity contribution in [3.8, 4) is 0 Å². The normalized spacial score (nSPS) is 10.8. The van der Waals surface area contributed by atoms with E-state index in [1.165, 1.54) is 0 Å². The van der Waals surface area contributed by atoms with Crippen LogP contribution in [0.1, 0.15) is 25.2 Å². The first-order chi connectivity index (χ1) is 9.56. The van der Waals surface area contributed by atoms with Crippen LogP contribution >= 0.6 is 11.6 Å². The Kier molecular flexibility index (Phi) is 4.55. The summed E-state index contributed by atoms with van der Waals surface area (Å²) in [6.07, 6.45) is 0. The molecule has 0 unspecified atom stereocenters. The van der Waals surface area contributed by atoms with Gasteiger partial charge in [-0.05, 0) is 45.0 Å². The van der Waals surface area contributed by atoms with E-state index in [4.69, 9.17) is 17.3 Å². The number of benzene rings is 1. The number of anilines is 2. The average molecular weight is 293 g/mol. The molecule has 0 spiro atoms. The third-order valence-electron chi connectivity index (χ3n) is 3.43. The van der Waals surface area contributed by atoms with E-state index in [1.807, 2.05) is 35.9 Å². The Morgan fingerprint density at radius 1 is 1.25 bits per heavy atom. The van der Waals surface area contributed by atoms with Crippen molar-refractivity contribution in [3.63, 3.8) is 0 Å². The number of hydrogen-bond donors (Lipinski definition) is 1. The largest absolute Gasteiger partial charge is 0.399 e. The topological polar surface area (TPSA) is 47.1 Å². The van der Waals surface area contributed by atoms with Gasteiger partial charge in [-0.15, -0.1) is 0 Å². The molecule has 2 aromatic rings. The molecule has 0 bridgehead atoms. The fraction of sp³-hybridized carbons (Fsp3) is 0.400. The lowest BCUT2D eigenvalue weighted by molar-refractivity contribution is 0.608. The van der Waals surface area contributed by atoms with Crippen LogP contribution in [-0.2, 0) is 13.1 Å². The fourth-order valence-electron chi connectivity index (χ4n) is 2.27. The van der Waals surface area contributed by atoms with Gasteiger partial charge in [-0.3, -0.25) is 4.68 Å². The number of rotatable bonds is 5. The molecule has 0 amide bonds. The van der Waals surface area contributed by atoms with Crippen molar-refractivity contribution in [1.29, 1.82) is 0 Å². The summed E-state index contributed by atoms with van der Waals surface area (Å²) < 4.78 is 1.97. The monoisotopic (exact) mass is 292 g/mol. The molecule has 1 aromatic carbocycles. The molecule has 4 nitrogen and oxygen atoms in total. The summed E-state index contributed by atoms with van der Waals surface area (Å²) in [5, 5.41) is 5.23. The van der Waals surface area contributed by atoms with E-state index in [9.17, 15) is 0 Å². The van der Waals surface area contributed by atoms with Crippen LogP contribution in [0, 0.1) is 6.92 Å². The molecule has 0 fully saturated rings. The second-order valence-electron chi connectivity index (χ2n) is 4.77. The number of hydrogen-bond acceptors (Lipinski definition) is 3. The molecule has 5 heteroatoms. The predicted molar refractivity (Wildman–Crippen MR) is 85.2 cm³/mol. The van der Waals surface area contributed by atoms with Crippen LogP contribution < -0.4 is 10.6 Å². The molecule has 0 radical (unpaired) electrons. The van der Waals surface area contributed by atoms with Crippen molar-refractivity contribution < 1.29 is 0 Å². The SMILES string of the molecule is CCN(Cc1c(Cl)c(C)nn1CC)c1ccc(N)cc1. The zero-order valence-electron chi connectivity index (χ0n) is 12.2. The van der Waals surface area contributed by atoms with Gasteiger partial charge in [0.2, 0.25) is 0 Å². The van der Waals surface area contributed by atoms with Gasteiger partial charge in [-0.25, -0.2) is 0 Å². The molecule has 0 aliphatic rings. The minimum atomic E-state index is 0.744. The van der Waals surface area contributed by atoms with Gasteiger partial charge in [0.15, 0.2) is 0 Å². The van der Waals surface area contributed by atoms with Crippen LogP contribution in [0.25, 0.3) is 0 Å². The van der Waals surface area contributed by atoms with Gasteiger partial charge >= 0.3 is 0 Å². The van der Waals surface area contributed by atoms with Gasteiger partial charge in [-0.1, -0.05) is 11.6 Å². The van der Waals surface area contributed by atoms with Crippen molar-refractivity contribution in [2.24, 2.45) is 0 Å². The molecule has 0 aliphatic carbocycles. The van der Waals surface area contributed by atoms with Crippen LogP contribution in [0.15, 0.2) is 24.3 Å². The summed E-state index contributed by atoms with van der Waals surface area (Å²) in [6.45, 7) is 8.61. The van der Waals surface area contributed by atoms with Crippen LogP contribution in [-0.4, -0.2) is 16.3 Å². The van der Waals surface area contributed by atoms with Gasteiger partial charge in [0.05, 0.1) is 23.0 Å². The molecule has 0 atom stereocenters. The van der Waals surface area contributed by atoms with E-state index in [-0.39, 0.29) is 0 Å². The summed E-state index contributed by atoms with van der Waals surface area (Å²) in [6, 6.07) is 7.91. The van der Waals surface area contributed by atoms with E-state index in [1.54, 1.807) is 0 Å². The summed E-state index contributed by atoms with van der Waals surface area (Å²) >= 11 is 6.38. The average Bonchev–Trinajstić information content (AvgIpc) is 2.73. The Hall–Kier alpha value is -1.68. The molecule has 20 heavy (non-hydrogen) atoms. The Labute approximate surface area is 125 Å². The van der Waals surface area contributed by atoms with Crippen molar-refractivity contribution in [2.45, 2.75) is 33.9 Å². The summed E-state index contributed by atoms with van der Waals surface area (Å²) in [7, 11) is 0. The van der Waals surface area contributed by atoms with E-state index in [0.29, 0.717) is 0 Å². The zero-order chi connectivity index (χ0) is 14.7. The number of nitrogens with two attached hydrogens (primary N) is 1. The van der Waals surface area contributed by atoms with Gasteiger partial charge in [0.25, 0.3) is 0 Å². The first kappa shape index (κ1) is 14.7. The van der Waals surface area contributed by atoms with Crippen LogP contribution in [0.3, 0.4) is 0 Å². The maximum Gasteiger partial charge on any atom is 0.0865 e. The third-order valence-corrected chi connectivity index (χ3v) is 3.93. The second-order valence-corrected chi connectivity index (χ2v) is 5.15. The lowest BCUT2D eigenvalue weighted by Crippen LogP contribution is -2.24. The number of nitrogens with zero attached hydrogens (tertiary/aromatic N) is 3. The summed E-state index contributed by atoms with van der Waals surface area (Å²) in [5.74, 6) is 0. The Bertz CT molecular complexity index is 574. The van der Waals surface area contributed by atoms with E-state index >= 15 is 0 Å². The molecule has 0 saturated carbocycles. The van der Waals surface area contributed by atoms with Gasteiger partial charge in [0.1, 0.15) is 0 Å². The third kappa shape index (κ3) is 2.90. The molecular formula is C15H21ClN4. The molecule has 0 saturated heterocycles. The highest BCUT2D eigenvalue weighted by atomic mass is 35.5. The van der Waals surface area contributed by atoms with Crippen molar-refractivity contribution >= 4 is 23.0 Å². The predicted octanol–water partition coefficient (Wildman–Crippen LogP) is 3.47. The number of aryl methyl sites for hydroxylation is 2. The first-order valence-electron chi connectivity index (χ1n) is 6.89. The van der Waals surface area contributed by atoms with Gasteiger partial charge in [0, 0.05) is 24.5 Å².